The monoisotopic (exact) mass is 264 g/mol. The Labute approximate surface area is 123 Å². The summed E-state index contributed by atoms with van der Waals surface area (Å²) >= 11 is 0. The van der Waals surface area contributed by atoms with Crippen LogP contribution >= 0.6 is 0 Å². The Morgan fingerprint density at radius 3 is 1.95 bits per heavy atom. The van der Waals surface area contributed by atoms with Gasteiger partial charge in [0.15, 0.2) is 0 Å². The highest BCUT2D eigenvalue weighted by Crippen LogP contribution is 2.13. The van der Waals surface area contributed by atoms with Crippen molar-refractivity contribution in [2.45, 2.75) is 26.7 Å². The molecule has 0 atom stereocenters. The number of allylic oxidation sites excluding steroid dienone is 2. The van der Waals surface area contributed by atoms with Gasteiger partial charge in [-0.25, -0.2) is 0 Å². The van der Waals surface area contributed by atoms with Crippen LogP contribution in [0.1, 0.15) is 37.8 Å². The minimum atomic E-state index is 1.17. The van der Waals surface area contributed by atoms with Gasteiger partial charge in [0.05, 0.1) is 0 Å². The maximum atomic E-state index is 3.63. The lowest BCUT2D eigenvalue weighted by Gasteiger charge is -1.99. The summed E-state index contributed by atoms with van der Waals surface area (Å²) in [6.07, 6.45) is 6.54. The van der Waals surface area contributed by atoms with Crippen LogP contribution in [0.15, 0.2) is 73.3 Å². The maximum Gasteiger partial charge on any atom is -0.0231 e. The molecule has 0 N–H and O–H groups in total. The van der Waals surface area contributed by atoms with Crippen LogP contribution in [0, 0.1) is 0 Å². The van der Waals surface area contributed by atoms with E-state index < -0.39 is 0 Å². The zero-order valence-corrected chi connectivity index (χ0v) is 12.5. The third-order valence-corrected chi connectivity index (χ3v) is 3.00. The first-order valence-corrected chi connectivity index (χ1v) is 7.17. The van der Waals surface area contributed by atoms with Crippen LogP contribution in [-0.4, -0.2) is 0 Å². The van der Waals surface area contributed by atoms with Crippen molar-refractivity contribution in [2.24, 2.45) is 0 Å². The van der Waals surface area contributed by atoms with Crippen molar-refractivity contribution in [3.05, 3.63) is 84.4 Å². The Hall–Kier alpha value is -2.08. The molecule has 0 bridgehead atoms. The first-order chi connectivity index (χ1) is 9.77. The highest BCUT2D eigenvalue weighted by atomic mass is 14.0. The van der Waals surface area contributed by atoms with E-state index in [1.54, 1.807) is 0 Å². The Morgan fingerprint density at radius 1 is 0.950 bits per heavy atom. The molecule has 104 valence electrons. The number of hydrogen-bond acceptors (Lipinski definition) is 0. The summed E-state index contributed by atoms with van der Waals surface area (Å²) < 4.78 is 0. The van der Waals surface area contributed by atoms with Gasteiger partial charge < -0.3 is 0 Å². The van der Waals surface area contributed by atoms with Gasteiger partial charge in [-0.1, -0.05) is 92.7 Å². The van der Waals surface area contributed by atoms with Crippen molar-refractivity contribution < 1.29 is 0 Å². The molecule has 20 heavy (non-hydrogen) atoms. The minimum absolute atomic E-state index is 1.17. The minimum Gasteiger partial charge on any atom is -0.0985 e. The van der Waals surface area contributed by atoms with Crippen LogP contribution in [0.3, 0.4) is 0 Å². The predicted octanol–water partition coefficient (Wildman–Crippen LogP) is 6.22. The Kier molecular flexibility index (Phi) is 7.83. The standard InChI is InChI=1S/C12H16.C8H8/c1-3-4-8-11(2)12-9-6-5-7-10-12;1-2-8-6-4-3-5-7-8/h5-10H,3-4H2,1-2H3;2-7H,1H2. The largest absolute Gasteiger partial charge is 0.0985 e. The fourth-order valence-electron chi connectivity index (χ4n) is 1.77. The van der Waals surface area contributed by atoms with Gasteiger partial charge in [0.1, 0.15) is 0 Å². The average Bonchev–Trinajstić information content (AvgIpc) is 2.54. The number of rotatable bonds is 4. The Bertz CT molecular complexity index is 506. The van der Waals surface area contributed by atoms with E-state index in [0.717, 1.165) is 0 Å². The van der Waals surface area contributed by atoms with E-state index in [-0.39, 0.29) is 0 Å². The maximum absolute atomic E-state index is 3.63. The molecule has 0 amide bonds. The zero-order valence-electron chi connectivity index (χ0n) is 12.5. The number of benzene rings is 2. The quantitative estimate of drug-likeness (QED) is 0.615. The molecule has 0 aliphatic rings. The molecule has 0 radical (unpaired) electrons. The lowest BCUT2D eigenvalue weighted by molar-refractivity contribution is 0.959. The molecule has 0 spiro atoms. The van der Waals surface area contributed by atoms with Crippen molar-refractivity contribution in [1.82, 2.24) is 0 Å². The third-order valence-electron chi connectivity index (χ3n) is 3.00. The van der Waals surface area contributed by atoms with Gasteiger partial charge in [0.2, 0.25) is 0 Å². The van der Waals surface area contributed by atoms with Gasteiger partial charge in [0, 0.05) is 0 Å². The van der Waals surface area contributed by atoms with E-state index in [9.17, 15) is 0 Å². The summed E-state index contributed by atoms with van der Waals surface area (Å²) in [5.74, 6) is 0. The normalized spacial score (nSPS) is 10.4. The molecule has 2 aromatic rings. The smallest absolute Gasteiger partial charge is 0.0231 e. The molecule has 0 aliphatic heterocycles. The topological polar surface area (TPSA) is 0 Å². The average molecular weight is 264 g/mol. The van der Waals surface area contributed by atoms with Gasteiger partial charge >= 0.3 is 0 Å². The summed E-state index contributed by atoms with van der Waals surface area (Å²) in [6, 6.07) is 20.6. The second-order valence-corrected chi connectivity index (χ2v) is 4.66. The van der Waals surface area contributed by atoms with Crippen LogP contribution in [0.25, 0.3) is 11.6 Å². The second-order valence-electron chi connectivity index (χ2n) is 4.66. The summed E-state index contributed by atoms with van der Waals surface area (Å²) in [5, 5.41) is 0. The lowest BCUT2D eigenvalue weighted by atomic mass is 10.1. The SMILES string of the molecule is C=Cc1ccccc1.CCCC=C(C)c1ccccc1. The summed E-state index contributed by atoms with van der Waals surface area (Å²) in [6.45, 7) is 8.01. The van der Waals surface area contributed by atoms with E-state index in [2.05, 4.69) is 56.8 Å². The van der Waals surface area contributed by atoms with Gasteiger partial charge in [-0.05, 0) is 30.0 Å². The number of unbranched alkanes of at least 4 members (excludes halogenated alkanes) is 1. The fraction of sp³-hybridized carbons (Fsp3) is 0.200. The van der Waals surface area contributed by atoms with Crippen molar-refractivity contribution in [3.63, 3.8) is 0 Å². The van der Waals surface area contributed by atoms with E-state index in [1.165, 1.54) is 29.5 Å². The van der Waals surface area contributed by atoms with Crippen molar-refractivity contribution in [1.29, 1.82) is 0 Å². The molecule has 0 nitrogen and oxygen atoms in total. The molecule has 0 aromatic heterocycles. The summed E-state index contributed by atoms with van der Waals surface area (Å²) in [5.41, 5.74) is 3.90. The van der Waals surface area contributed by atoms with Crippen LogP contribution in [0.4, 0.5) is 0 Å². The lowest BCUT2D eigenvalue weighted by Crippen LogP contribution is -1.77. The summed E-state index contributed by atoms with van der Waals surface area (Å²) in [7, 11) is 0. The van der Waals surface area contributed by atoms with E-state index >= 15 is 0 Å². The van der Waals surface area contributed by atoms with Crippen LogP contribution in [-0.2, 0) is 0 Å². The highest BCUT2D eigenvalue weighted by Gasteiger charge is 1.91. The van der Waals surface area contributed by atoms with Gasteiger partial charge in [-0.2, -0.15) is 0 Å². The zero-order chi connectivity index (χ0) is 14.6. The number of hydrogen-bond donors (Lipinski definition) is 0. The van der Waals surface area contributed by atoms with Crippen molar-refractivity contribution >= 4 is 11.6 Å². The van der Waals surface area contributed by atoms with Gasteiger partial charge in [-0.15, -0.1) is 0 Å². The molecule has 2 aromatic carbocycles. The molecule has 0 heteroatoms. The van der Waals surface area contributed by atoms with Crippen molar-refractivity contribution in [3.8, 4) is 0 Å². The second kappa shape index (κ2) is 9.80. The Balaban J connectivity index is 0.000000217. The highest BCUT2D eigenvalue weighted by molar-refractivity contribution is 5.63. The predicted molar refractivity (Wildman–Crippen MR) is 91.5 cm³/mol. The van der Waals surface area contributed by atoms with Crippen LogP contribution in [0.2, 0.25) is 0 Å². The molecular formula is C20H24. The van der Waals surface area contributed by atoms with Gasteiger partial charge in [-0.3, -0.25) is 0 Å². The Morgan fingerprint density at radius 2 is 1.50 bits per heavy atom. The van der Waals surface area contributed by atoms with Crippen molar-refractivity contribution in [2.75, 3.05) is 0 Å². The molecule has 2 rings (SSSR count). The summed E-state index contributed by atoms with van der Waals surface area (Å²) in [4.78, 5) is 0. The van der Waals surface area contributed by atoms with Crippen LogP contribution < -0.4 is 0 Å². The molecular weight excluding hydrogens is 240 g/mol. The first kappa shape index (κ1) is 16.0. The molecule has 0 heterocycles. The first-order valence-electron chi connectivity index (χ1n) is 7.17. The molecule has 0 saturated heterocycles. The molecule has 0 fully saturated rings. The third kappa shape index (κ3) is 6.19. The van der Waals surface area contributed by atoms with E-state index in [1.807, 2.05) is 36.4 Å². The van der Waals surface area contributed by atoms with E-state index in [4.69, 9.17) is 0 Å². The van der Waals surface area contributed by atoms with E-state index in [0.29, 0.717) is 0 Å². The molecule has 0 unspecified atom stereocenters. The molecule has 0 aliphatic carbocycles. The van der Waals surface area contributed by atoms with Gasteiger partial charge in [0.25, 0.3) is 0 Å². The molecule has 0 saturated carbocycles. The van der Waals surface area contributed by atoms with Crippen LogP contribution in [0.5, 0.6) is 0 Å². The fourth-order valence-corrected chi connectivity index (χ4v) is 1.77.